The molecule has 1 aromatic heterocycles. The van der Waals surface area contributed by atoms with E-state index in [2.05, 4.69) is 45.5 Å². The van der Waals surface area contributed by atoms with Gasteiger partial charge in [0.05, 0.1) is 6.54 Å². The van der Waals surface area contributed by atoms with Crippen molar-refractivity contribution in [1.29, 1.82) is 0 Å². The fourth-order valence-electron chi connectivity index (χ4n) is 3.68. The number of amides is 1. The van der Waals surface area contributed by atoms with Gasteiger partial charge in [0.25, 0.3) is 0 Å². The van der Waals surface area contributed by atoms with Gasteiger partial charge in [-0.05, 0) is 39.3 Å². The minimum atomic E-state index is -0.198. The topological polar surface area (TPSA) is 108 Å². The number of aliphatic imine (C=N–C) groups is 1. The average molecular weight is 562 g/mol. The Kier molecular flexibility index (Phi) is 14.2. The number of primary amides is 1. The highest BCUT2D eigenvalue weighted by Gasteiger charge is 2.24. The van der Waals surface area contributed by atoms with Crippen molar-refractivity contribution in [2.45, 2.75) is 32.7 Å². The number of nitrogens with one attached hydrogen (secondary N) is 2. The Labute approximate surface area is 209 Å². The standard InChI is InChI=1S/C22H39N7O2.HI/c1-4-24-22(26-11-15-28(2)12-6-16-31-3)27-17-19-7-5-10-25-21(19)29-13-8-18(9-14-29)20(23)30;/h5,7,10,18H,4,6,8-9,11-17H2,1-3H3,(H2,23,30)(H2,24,26,27);1H. The lowest BCUT2D eigenvalue weighted by molar-refractivity contribution is -0.122. The SMILES string of the molecule is CCNC(=NCc1cccnc1N1CCC(C(N)=O)CC1)NCCN(C)CCCOC.I. The normalized spacial score (nSPS) is 14.9. The van der Waals surface area contributed by atoms with Gasteiger partial charge >= 0.3 is 0 Å². The first-order valence-electron chi connectivity index (χ1n) is 11.2. The van der Waals surface area contributed by atoms with Gasteiger partial charge in [0, 0.05) is 70.7 Å². The van der Waals surface area contributed by atoms with Crippen molar-refractivity contribution in [3.8, 4) is 0 Å². The molecule has 4 N–H and O–H groups in total. The minimum Gasteiger partial charge on any atom is -0.385 e. The molecule has 0 spiro atoms. The number of hydrogen-bond donors (Lipinski definition) is 3. The average Bonchev–Trinajstić information content (AvgIpc) is 2.78. The summed E-state index contributed by atoms with van der Waals surface area (Å²) >= 11 is 0. The third kappa shape index (κ3) is 9.86. The van der Waals surface area contributed by atoms with E-state index in [1.54, 1.807) is 7.11 Å². The van der Waals surface area contributed by atoms with E-state index in [4.69, 9.17) is 15.5 Å². The molecule has 1 aliphatic rings. The second-order valence-corrected chi connectivity index (χ2v) is 7.92. The van der Waals surface area contributed by atoms with Crippen molar-refractivity contribution in [2.75, 3.05) is 64.9 Å². The van der Waals surface area contributed by atoms with E-state index >= 15 is 0 Å². The molecule has 10 heteroatoms. The number of nitrogens with zero attached hydrogens (tertiary/aromatic N) is 4. The fourth-order valence-corrected chi connectivity index (χ4v) is 3.68. The number of piperidine rings is 1. The Balaban J connectivity index is 0.00000512. The lowest BCUT2D eigenvalue weighted by atomic mass is 9.96. The molecule has 1 fully saturated rings. The molecular weight excluding hydrogens is 521 g/mol. The maximum atomic E-state index is 11.4. The van der Waals surface area contributed by atoms with Crippen LogP contribution < -0.4 is 21.3 Å². The molecule has 32 heavy (non-hydrogen) atoms. The maximum absolute atomic E-state index is 11.4. The van der Waals surface area contributed by atoms with Crippen molar-refractivity contribution in [3.05, 3.63) is 23.9 Å². The number of methoxy groups -OCH3 is 1. The molecule has 2 heterocycles. The highest BCUT2D eigenvalue weighted by molar-refractivity contribution is 14.0. The predicted octanol–water partition coefficient (Wildman–Crippen LogP) is 1.42. The number of halogens is 1. The van der Waals surface area contributed by atoms with Gasteiger partial charge in [0.2, 0.25) is 5.91 Å². The summed E-state index contributed by atoms with van der Waals surface area (Å²) < 4.78 is 5.11. The number of likely N-dealkylation sites (N-methyl/N-ethyl adjacent to an activating group) is 1. The first-order chi connectivity index (χ1) is 15.0. The van der Waals surface area contributed by atoms with E-state index in [1.165, 1.54) is 0 Å². The summed E-state index contributed by atoms with van der Waals surface area (Å²) in [6.45, 7) is 8.52. The highest BCUT2D eigenvalue weighted by atomic mass is 127. The lowest BCUT2D eigenvalue weighted by Crippen LogP contribution is -2.41. The highest BCUT2D eigenvalue weighted by Crippen LogP contribution is 2.24. The number of anilines is 1. The molecule has 0 unspecified atom stereocenters. The lowest BCUT2D eigenvalue weighted by Gasteiger charge is -2.32. The first-order valence-corrected chi connectivity index (χ1v) is 11.2. The molecule has 1 aliphatic heterocycles. The summed E-state index contributed by atoms with van der Waals surface area (Å²) in [7, 11) is 3.85. The number of guanidine groups is 1. The van der Waals surface area contributed by atoms with Gasteiger partial charge in [-0.1, -0.05) is 6.07 Å². The van der Waals surface area contributed by atoms with E-state index in [-0.39, 0.29) is 35.8 Å². The molecule has 0 aromatic carbocycles. The smallest absolute Gasteiger partial charge is 0.220 e. The van der Waals surface area contributed by atoms with Gasteiger partial charge < -0.3 is 30.9 Å². The molecule has 182 valence electrons. The predicted molar refractivity (Wildman–Crippen MR) is 141 cm³/mol. The molecule has 1 amide bonds. The van der Waals surface area contributed by atoms with Crippen molar-refractivity contribution < 1.29 is 9.53 Å². The van der Waals surface area contributed by atoms with Crippen LogP contribution in [-0.4, -0.2) is 81.8 Å². The molecule has 1 saturated heterocycles. The Morgan fingerprint density at radius 2 is 2.09 bits per heavy atom. The number of rotatable bonds is 12. The molecule has 0 atom stereocenters. The first kappa shape index (κ1) is 28.4. The number of ether oxygens (including phenoxy) is 1. The quantitative estimate of drug-likeness (QED) is 0.153. The summed E-state index contributed by atoms with van der Waals surface area (Å²) in [5.41, 5.74) is 6.54. The van der Waals surface area contributed by atoms with Crippen LogP contribution in [0.5, 0.6) is 0 Å². The van der Waals surface area contributed by atoms with E-state index in [0.717, 1.165) is 82.5 Å². The number of carbonyl (C=O) groups excluding carboxylic acids is 1. The van der Waals surface area contributed by atoms with Crippen LogP contribution in [0, 0.1) is 5.92 Å². The van der Waals surface area contributed by atoms with Crippen LogP contribution in [0.25, 0.3) is 0 Å². The Morgan fingerprint density at radius 3 is 2.75 bits per heavy atom. The zero-order valence-corrected chi connectivity index (χ0v) is 22.0. The molecule has 0 aliphatic carbocycles. The number of aromatic nitrogens is 1. The molecule has 0 saturated carbocycles. The zero-order chi connectivity index (χ0) is 22.5. The van der Waals surface area contributed by atoms with Gasteiger partial charge in [0.1, 0.15) is 5.82 Å². The second-order valence-electron chi connectivity index (χ2n) is 7.92. The molecule has 0 bridgehead atoms. The Bertz CT molecular complexity index is 697. The van der Waals surface area contributed by atoms with Crippen molar-refractivity contribution >= 4 is 41.7 Å². The van der Waals surface area contributed by atoms with E-state index in [1.807, 2.05) is 12.3 Å². The number of hydrogen-bond acceptors (Lipinski definition) is 6. The van der Waals surface area contributed by atoms with Crippen molar-refractivity contribution in [2.24, 2.45) is 16.6 Å². The van der Waals surface area contributed by atoms with Crippen LogP contribution >= 0.6 is 24.0 Å². The van der Waals surface area contributed by atoms with Gasteiger partial charge in [-0.25, -0.2) is 9.98 Å². The molecular formula is C22H40IN7O2. The monoisotopic (exact) mass is 561 g/mol. The van der Waals surface area contributed by atoms with E-state index < -0.39 is 0 Å². The van der Waals surface area contributed by atoms with E-state index in [9.17, 15) is 4.79 Å². The molecule has 9 nitrogen and oxygen atoms in total. The number of pyridine rings is 1. The molecule has 1 aromatic rings. The van der Waals surface area contributed by atoms with Gasteiger partial charge in [-0.15, -0.1) is 24.0 Å². The summed E-state index contributed by atoms with van der Waals surface area (Å²) in [5.74, 6) is 1.52. The fraction of sp³-hybridized carbons (Fsp3) is 0.682. The summed E-state index contributed by atoms with van der Waals surface area (Å²) in [5, 5.41) is 6.72. The maximum Gasteiger partial charge on any atom is 0.220 e. The Hall–Kier alpha value is -1.66. The van der Waals surface area contributed by atoms with Gasteiger partial charge in [-0.3, -0.25) is 4.79 Å². The zero-order valence-electron chi connectivity index (χ0n) is 19.7. The van der Waals surface area contributed by atoms with Crippen LogP contribution in [0.3, 0.4) is 0 Å². The second kappa shape index (κ2) is 16.0. The summed E-state index contributed by atoms with van der Waals surface area (Å²) in [6.07, 6.45) is 4.39. The summed E-state index contributed by atoms with van der Waals surface area (Å²) in [4.78, 5) is 25.3. The van der Waals surface area contributed by atoms with Crippen LogP contribution in [0.4, 0.5) is 5.82 Å². The van der Waals surface area contributed by atoms with Crippen LogP contribution in [0.2, 0.25) is 0 Å². The van der Waals surface area contributed by atoms with Gasteiger partial charge in [0.15, 0.2) is 5.96 Å². The third-order valence-electron chi connectivity index (χ3n) is 5.49. The van der Waals surface area contributed by atoms with Crippen LogP contribution in [-0.2, 0) is 16.1 Å². The number of carbonyl (C=O) groups is 1. The van der Waals surface area contributed by atoms with Crippen LogP contribution in [0.15, 0.2) is 23.3 Å². The van der Waals surface area contributed by atoms with Crippen molar-refractivity contribution in [3.63, 3.8) is 0 Å². The minimum absolute atomic E-state index is 0. The number of nitrogens with two attached hydrogens (primary N) is 1. The van der Waals surface area contributed by atoms with Gasteiger partial charge in [-0.2, -0.15) is 0 Å². The largest absolute Gasteiger partial charge is 0.385 e. The van der Waals surface area contributed by atoms with Crippen LogP contribution in [0.1, 0.15) is 31.7 Å². The Morgan fingerprint density at radius 1 is 1.34 bits per heavy atom. The molecule has 0 radical (unpaired) electrons. The molecule has 2 rings (SSSR count). The van der Waals surface area contributed by atoms with Crippen molar-refractivity contribution in [1.82, 2.24) is 20.5 Å². The van der Waals surface area contributed by atoms with E-state index in [0.29, 0.717) is 6.54 Å². The summed E-state index contributed by atoms with van der Waals surface area (Å²) in [6, 6.07) is 4.01. The third-order valence-corrected chi connectivity index (χ3v) is 5.49.